The van der Waals surface area contributed by atoms with Crippen LogP contribution < -0.4 is 0 Å². The molecule has 13 heavy (non-hydrogen) atoms. The van der Waals surface area contributed by atoms with Crippen molar-refractivity contribution in [3.8, 4) is 0 Å². The third-order valence-corrected chi connectivity index (χ3v) is 1.23. The van der Waals surface area contributed by atoms with Crippen molar-refractivity contribution in [2.24, 2.45) is 0 Å². The van der Waals surface area contributed by atoms with E-state index in [1.54, 1.807) is 13.8 Å². The Morgan fingerprint density at radius 3 is 2.46 bits per heavy atom. The second-order valence-corrected chi connectivity index (χ2v) is 2.19. The second kappa shape index (κ2) is 7.34. The van der Waals surface area contributed by atoms with Gasteiger partial charge >= 0.3 is 5.97 Å². The molecule has 0 saturated carbocycles. The molecule has 0 amide bonds. The molecule has 0 aromatic heterocycles. The molecular formula is C9H14O4. The molecule has 0 fully saturated rings. The molecule has 74 valence electrons. The predicted octanol–water partition coefficient (Wildman–Crippen LogP) is 1.06. The van der Waals surface area contributed by atoms with Crippen molar-refractivity contribution in [1.82, 2.24) is 0 Å². The average molecular weight is 186 g/mol. The Balaban J connectivity index is 4.21. The fourth-order valence-corrected chi connectivity index (χ4v) is 0.677. The SMILES string of the molecule is CCOC=C(CC=O)C(=O)OCC. The van der Waals surface area contributed by atoms with Crippen molar-refractivity contribution in [3.05, 3.63) is 11.8 Å². The van der Waals surface area contributed by atoms with Crippen LogP contribution in [0.25, 0.3) is 0 Å². The van der Waals surface area contributed by atoms with Gasteiger partial charge in [0.1, 0.15) is 6.29 Å². The first kappa shape index (κ1) is 11.7. The Labute approximate surface area is 77.5 Å². The van der Waals surface area contributed by atoms with Crippen LogP contribution >= 0.6 is 0 Å². The lowest BCUT2D eigenvalue weighted by molar-refractivity contribution is -0.139. The highest BCUT2D eigenvalue weighted by Crippen LogP contribution is 2.02. The smallest absolute Gasteiger partial charge is 0.337 e. The summed E-state index contributed by atoms with van der Waals surface area (Å²) in [6.07, 6.45) is 1.94. The largest absolute Gasteiger partial charge is 0.501 e. The minimum absolute atomic E-state index is 0.0266. The lowest BCUT2D eigenvalue weighted by atomic mass is 10.2. The highest BCUT2D eigenvalue weighted by atomic mass is 16.5. The molecule has 0 rings (SSSR count). The average Bonchev–Trinajstić information content (AvgIpc) is 2.12. The van der Waals surface area contributed by atoms with Crippen molar-refractivity contribution in [2.45, 2.75) is 20.3 Å². The zero-order valence-electron chi connectivity index (χ0n) is 7.91. The maximum absolute atomic E-state index is 11.1. The summed E-state index contributed by atoms with van der Waals surface area (Å²) >= 11 is 0. The zero-order valence-corrected chi connectivity index (χ0v) is 7.91. The van der Waals surface area contributed by atoms with Crippen LogP contribution in [0, 0.1) is 0 Å². The maximum atomic E-state index is 11.1. The molecule has 0 radical (unpaired) electrons. The summed E-state index contributed by atoms with van der Waals surface area (Å²) in [7, 11) is 0. The minimum atomic E-state index is -0.497. The van der Waals surface area contributed by atoms with Crippen molar-refractivity contribution in [1.29, 1.82) is 0 Å². The van der Waals surface area contributed by atoms with Gasteiger partial charge in [-0.2, -0.15) is 0 Å². The van der Waals surface area contributed by atoms with Gasteiger partial charge < -0.3 is 14.3 Å². The standard InChI is InChI=1S/C9H14O4/c1-3-12-7-8(5-6-10)9(11)13-4-2/h6-7H,3-5H2,1-2H3. The molecule has 0 bridgehead atoms. The summed E-state index contributed by atoms with van der Waals surface area (Å²) < 4.78 is 9.60. The van der Waals surface area contributed by atoms with Gasteiger partial charge in [-0.1, -0.05) is 0 Å². The van der Waals surface area contributed by atoms with Crippen molar-refractivity contribution < 1.29 is 19.1 Å². The van der Waals surface area contributed by atoms with E-state index in [2.05, 4.69) is 0 Å². The van der Waals surface area contributed by atoms with Gasteiger partial charge in [0.05, 0.1) is 25.0 Å². The predicted molar refractivity (Wildman–Crippen MR) is 47.0 cm³/mol. The summed E-state index contributed by atoms with van der Waals surface area (Å²) in [6.45, 7) is 4.25. The van der Waals surface area contributed by atoms with Crippen molar-refractivity contribution >= 4 is 12.3 Å². The Morgan fingerprint density at radius 1 is 1.31 bits per heavy atom. The van der Waals surface area contributed by atoms with Crippen LogP contribution in [0.4, 0.5) is 0 Å². The fraction of sp³-hybridized carbons (Fsp3) is 0.556. The van der Waals surface area contributed by atoms with Crippen LogP contribution in [-0.2, 0) is 19.1 Å². The summed E-state index contributed by atoms with van der Waals surface area (Å²) in [6, 6.07) is 0. The molecule has 0 spiro atoms. The van der Waals surface area contributed by atoms with Crippen LogP contribution in [0.2, 0.25) is 0 Å². The molecule has 0 unspecified atom stereocenters. The first-order valence-corrected chi connectivity index (χ1v) is 4.17. The van der Waals surface area contributed by atoms with Gasteiger partial charge in [-0.15, -0.1) is 0 Å². The van der Waals surface area contributed by atoms with Crippen LogP contribution in [0.15, 0.2) is 11.8 Å². The second-order valence-electron chi connectivity index (χ2n) is 2.19. The Kier molecular flexibility index (Phi) is 6.59. The van der Waals surface area contributed by atoms with Gasteiger partial charge in [0.15, 0.2) is 0 Å². The topological polar surface area (TPSA) is 52.6 Å². The van der Waals surface area contributed by atoms with E-state index in [9.17, 15) is 9.59 Å². The number of hydrogen-bond acceptors (Lipinski definition) is 4. The van der Waals surface area contributed by atoms with Crippen molar-refractivity contribution in [3.63, 3.8) is 0 Å². The van der Waals surface area contributed by atoms with Gasteiger partial charge in [-0.25, -0.2) is 4.79 Å². The number of hydrogen-bond donors (Lipinski definition) is 0. The van der Waals surface area contributed by atoms with E-state index in [4.69, 9.17) is 9.47 Å². The van der Waals surface area contributed by atoms with Crippen molar-refractivity contribution in [2.75, 3.05) is 13.2 Å². The number of ether oxygens (including phenoxy) is 2. The number of carbonyl (C=O) groups is 2. The van der Waals surface area contributed by atoms with E-state index in [0.29, 0.717) is 19.5 Å². The first-order valence-electron chi connectivity index (χ1n) is 4.17. The summed E-state index contributed by atoms with van der Waals surface area (Å²) in [5.74, 6) is -0.497. The van der Waals surface area contributed by atoms with E-state index < -0.39 is 5.97 Å². The molecule has 0 aliphatic carbocycles. The van der Waals surface area contributed by atoms with E-state index in [1.807, 2.05) is 0 Å². The highest BCUT2D eigenvalue weighted by molar-refractivity contribution is 5.91. The molecule has 0 aromatic carbocycles. The molecule has 4 heteroatoms. The third-order valence-electron chi connectivity index (χ3n) is 1.23. The minimum Gasteiger partial charge on any atom is -0.501 e. The van der Waals surface area contributed by atoms with Gasteiger partial charge in [-0.3, -0.25) is 0 Å². The Morgan fingerprint density at radius 2 is 2.00 bits per heavy atom. The molecule has 0 heterocycles. The van der Waals surface area contributed by atoms with Gasteiger partial charge in [0.25, 0.3) is 0 Å². The zero-order chi connectivity index (χ0) is 10.1. The van der Waals surface area contributed by atoms with Crippen LogP contribution in [0.5, 0.6) is 0 Å². The van der Waals surface area contributed by atoms with Gasteiger partial charge in [-0.05, 0) is 13.8 Å². The normalized spacial score (nSPS) is 10.8. The summed E-state index contributed by atoms with van der Waals surface area (Å²) in [4.78, 5) is 21.3. The quantitative estimate of drug-likeness (QED) is 0.269. The lowest BCUT2D eigenvalue weighted by Gasteiger charge is -2.03. The Hall–Kier alpha value is -1.32. The molecule has 0 N–H and O–H groups in total. The number of carbonyl (C=O) groups excluding carboxylic acids is 2. The maximum Gasteiger partial charge on any atom is 0.337 e. The Bertz CT molecular complexity index is 196. The molecule has 0 aliphatic rings. The molecule has 0 aromatic rings. The van der Waals surface area contributed by atoms with Crippen LogP contribution in [-0.4, -0.2) is 25.5 Å². The van der Waals surface area contributed by atoms with Gasteiger partial charge in [0.2, 0.25) is 0 Å². The molecule has 0 saturated heterocycles. The van der Waals surface area contributed by atoms with E-state index in [-0.39, 0.29) is 12.0 Å². The van der Waals surface area contributed by atoms with E-state index in [1.165, 1.54) is 6.26 Å². The lowest BCUT2D eigenvalue weighted by Crippen LogP contribution is -2.08. The van der Waals surface area contributed by atoms with E-state index >= 15 is 0 Å². The summed E-state index contributed by atoms with van der Waals surface area (Å²) in [5, 5.41) is 0. The number of esters is 1. The van der Waals surface area contributed by atoms with Crippen LogP contribution in [0.1, 0.15) is 20.3 Å². The highest BCUT2D eigenvalue weighted by Gasteiger charge is 2.09. The first-order chi connectivity index (χ1) is 6.26. The molecule has 0 aliphatic heterocycles. The fourth-order valence-electron chi connectivity index (χ4n) is 0.677. The van der Waals surface area contributed by atoms with Crippen LogP contribution in [0.3, 0.4) is 0 Å². The third kappa shape index (κ3) is 5.00. The number of rotatable bonds is 6. The van der Waals surface area contributed by atoms with E-state index in [0.717, 1.165) is 0 Å². The monoisotopic (exact) mass is 186 g/mol. The van der Waals surface area contributed by atoms with Gasteiger partial charge in [0, 0.05) is 6.42 Å². The molecular weight excluding hydrogens is 172 g/mol. The molecule has 4 nitrogen and oxygen atoms in total. The summed E-state index contributed by atoms with van der Waals surface area (Å²) in [5.41, 5.74) is 0.249. The molecule has 0 atom stereocenters. The number of aldehydes is 1.